The van der Waals surface area contributed by atoms with Gasteiger partial charge in [0.1, 0.15) is 11.8 Å². The van der Waals surface area contributed by atoms with Gasteiger partial charge < -0.3 is 4.57 Å². The van der Waals surface area contributed by atoms with Crippen molar-refractivity contribution in [2.24, 2.45) is 7.05 Å². The van der Waals surface area contributed by atoms with Crippen molar-refractivity contribution in [3.63, 3.8) is 0 Å². The number of hydrogen-bond donors (Lipinski definition) is 0. The molecule has 0 atom stereocenters. The van der Waals surface area contributed by atoms with E-state index in [4.69, 9.17) is 16.9 Å². The van der Waals surface area contributed by atoms with Crippen molar-refractivity contribution in [2.45, 2.75) is 0 Å². The van der Waals surface area contributed by atoms with E-state index in [0.29, 0.717) is 16.8 Å². The molecule has 0 bridgehead atoms. The first-order valence-electron chi connectivity index (χ1n) is 4.84. The molecule has 5 heteroatoms. The number of nitriles is 1. The van der Waals surface area contributed by atoms with Crippen molar-refractivity contribution >= 4 is 17.4 Å². The summed E-state index contributed by atoms with van der Waals surface area (Å²) in [6.45, 7) is 0. The quantitative estimate of drug-likeness (QED) is 0.762. The zero-order valence-corrected chi connectivity index (χ0v) is 9.77. The maximum atomic E-state index is 12.1. The smallest absolute Gasteiger partial charge is 0.211 e. The van der Waals surface area contributed by atoms with Crippen molar-refractivity contribution in [3.8, 4) is 6.07 Å². The molecule has 84 valence electrons. The van der Waals surface area contributed by atoms with Crippen LogP contribution in [0.15, 0.2) is 30.7 Å². The van der Waals surface area contributed by atoms with Crippen LogP contribution in [-0.2, 0) is 7.05 Å². The minimum atomic E-state index is -0.170. The average molecular weight is 246 g/mol. The number of hydrogen-bond acceptors (Lipinski definition) is 3. The van der Waals surface area contributed by atoms with E-state index >= 15 is 0 Å². The molecule has 0 radical (unpaired) electrons. The standard InChI is InChI=1S/C12H8ClN3O/c1-16-7-15-6-11(16)12(17)8-2-3-9(5-14)10(13)4-8/h2-4,6-7H,1H3. The van der Waals surface area contributed by atoms with E-state index in [9.17, 15) is 4.79 Å². The van der Waals surface area contributed by atoms with Crippen molar-refractivity contribution in [2.75, 3.05) is 0 Å². The number of benzene rings is 1. The predicted molar refractivity (Wildman–Crippen MR) is 62.8 cm³/mol. The van der Waals surface area contributed by atoms with Crippen molar-refractivity contribution in [1.82, 2.24) is 9.55 Å². The number of nitrogens with zero attached hydrogens (tertiary/aromatic N) is 3. The van der Waals surface area contributed by atoms with Crippen LogP contribution in [-0.4, -0.2) is 15.3 Å². The van der Waals surface area contributed by atoms with Gasteiger partial charge in [0.15, 0.2) is 0 Å². The third-order valence-electron chi connectivity index (χ3n) is 2.40. The summed E-state index contributed by atoms with van der Waals surface area (Å²) in [4.78, 5) is 16.0. The number of aryl methyl sites for hydroxylation is 1. The first-order valence-corrected chi connectivity index (χ1v) is 5.22. The van der Waals surface area contributed by atoms with Gasteiger partial charge in [-0.3, -0.25) is 4.79 Å². The Kier molecular flexibility index (Phi) is 2.94. The second-order valence-electron chi connectivity index (χ2n) is 3.53. The minimum Gasteiger partial charge on any atom is -0.331 e. The molecule has 4 nitrogen and oxygen atoms in total. The van der Waals surface area contributed by atoms with Crippen LogP contribution in [0.5, 0.6) is 0 Å². The second kappa shape index (κ2) is 4.40. The topological polar surface area (TPSA) is 58.7 Å². The summed E-state index contributed by atoms with van der Waals surface area (Å²) in [6, 6.07) is 6.56. The van der Waals surface area contributed by atoms with E-state index in [-0.39, 0.29) is 10.8 Å². The number of rotatable bonds is 2. The number of halogens is 1. The summed E-state index contributed by atoms with van der Waals surface area (Å²) < 4.78 is 1.63. The Bertz CT molecular complexity index is 625. The number of imidazole rings is 1. The van der Waals surface area contributed by atoms with Gasteiger partial charge in [-0.1, -0.05) is 11.6 Å². The highest BCUT2D eigenvalue weighted by Crippen LogP contribution is 2.19. The Labute approximate surface area is 103 Å². The Morgan fingerprint density at radius 3 is 2.82 bits per heavy atom. The molecule has 1 aromatic carbocycles. The monoisotopic (exact) mass is 245 g/mol. The van der Waals surface area contributed by atoms with E-state index in [0.717, 1.165) is 0 Å². The fourth-order valence-corrected chi connectivity index (χ4v) is 1.69. The van der Waals surface area contributed by atoms with Crippen molar-refractivity contribution < 1.29 is 4.79 Å². The van der Waals surface area contributed by atoms with Crippen LogP contribution in [0.2, 0.25) is 5.02 Å². The highest BCUT2D eigenvalue weighted by atomic mass is 35.5. The lowest BCUT2D eigenvalue weighted by molar-refractivity contribution is 0.103. The summed E-state index contributed by atoms with van der Waals surface area (Å²) in [7, 11) is 1.74. The number of aromatic nitrogens is 2. The number of ketones is 1. The van der Waals surface area contributed by atoms with Gasteiger partial charge in [-0.25, -0.2) is 4.98 Å². The third kappa shape index (κ3) is 2.05. The van der Waals surface area contributed by atoms with Crippen molar-refractivity contribution in [3.05, 3.63) is 52.6 Å². The predicted octanol–water partition coefficient (Wildman–Crippen LogP) is 2.18. The molecule has 17 heavy (non-hydrogen) atoms. The molecule has 2 aromatic rings. The molecule has 0 spiro atoms. The summed E-state index contributed by atoms with van der Waals surface area (Å²) in [5, 5.41) is 9.02. The largest absolute Gasteiger partial charge is 0.331 e. The average Bonchev–Trinajstić information content (AvgIpc) is 2.74. The Balaban J connectivity index is 2.43. The van der Waals surface area contributed by atoms with Crippen LogP contribution in [0.25, 0.3) is 0 Å². The van der Waals surface area contributed by atoms with Gasteiger partial charge in [-0.15, -0.1) is 0 Å². The van der Waals surface area contributed by atoms with Gasteiger partial charge in [-0.05, 0) is 18.2 Å². The van der Waals surface area contributed by atoms with E-state index in [1.54, 1.807) is 24.0 Å². The fourth-order valence-electron chi connectivity index (χ4n) is 1.47. The Hall–Kier alpha value is -2.12. The molecular weight excluding hydrogens is 238 g/mol. The summed E-state index contributed by atoms with van der Waals surface area (Å²) in [5.74, 6) is -0.170. The van der Waals surface area contributed by atoms with Crippen LogP contribution in [0.3, 0.4) is 0 Å². The fraction of sp³-hybridized carbons (Fsp3) is 0.0833. The highest BCUT2D eigenvalue weighted by Gasteiger charge is 2.13. The molecule has 1 heterocycles. The lowest BCUT2D eigenvalue weighted by Gasteiger charge is -2.03. The molecule has 0 unspecified atom stereocenters. The molecule has 1 aromatic heterocycles. The summed E-state index contributed by atoms with van der Waals surface area (Å²) in [5.41, 5.74) is 1.27. The molecule has 0 N–H and O–H groups in total. The number of carbonyl (C=O) groups excluding carboxylic acids is 1. The SMILES string of the molecule is Cn1cncc1C(=O)c1ccc(C#N)c(Cl)c1. The zero-order chi connectivity index (χ0) is 12.4. The molecule has 0 fully saturated rings. The zero-order valence-electron chi connectivity index (χ0n) is 9.01. The lowest BCUT2D eigenvalue weighted by atomic mass is 10.1. The summed E-state index contributed by atoms with van der Waals surface area (Å²) >= 11 is 5.88. The van der Waals surface area contributed by atoms with Gasteiger partial charge in [-0.2, -0.15) is 5.26 Å². The molecule has 0 aliphatic rings. The number of carbonyl (C=O) groups is 1. The molecule has 0 saturated heterocycles. The minimum absolute atomic E-state index is 0.170. The van der Waals surface area contributed by atoms with Crippen molar-refractivity contribution in [1.29, 1.82) is 5.26 Å². The van der Waals surface area contributed by atoms with Gasteiger partial charge in [0, 0.05) is 12.6 Å². The van der Waals surface area contributed by atoms with Crippen LogP contribution < -0.4 is 0 Å². The Morgan fingerprint density at radius 2 is 2.29 bits per heavy atom. The molecule has 0 amide bonds. The summed E-state index contributed by atoms with van der Waals surface area (Å²) in [6.07, 6.45) is 3.05. The highest BCUT2D eigenvalue weighted by molar-refractivity contribution is 6.32. The van der Waals surface area contributed by atoms with E-state index in [2.05, 4.69) is 4.98 Å². The maximum Gasteiger partial charge on any atom is 0.211 e. The second-order valence-corrected chi connectivity index (χ2v) is 3.93. The molecule has 2 rings (SSSR count). The van der Waals surface area contributed by atoms with Crippen LogP contribution in [0, 0.1) is 11.3 Å². The third-order valence-corrected chi connectivity index (χ3v) is 2.71. The Morgan fingerprint density at radius 1 is 1.53 bits per heavy atom. The lowest BCUT2D eigenvalue weighted by Crippen LogP contribution is -2.06. The molecular formula is C12H8ClN3O. The first-order chi connectivity index (χ1) is 8.13. The van der Waals surface area contributed by atoms with E-state index < -0.39 is 0 Å². The van der Waals surface area contributed by atoms with Gasteiger partial charge in [0.05, 0.1) is 23.1 Å². The van der Waals surface area contributed by atoms with E-state index in [1.165, 1.54) is 18.3 Å². The van der Waals surface area contributed by atoms with E-state index in [1.807, 2.05) is 6.07 Å². The van der Waals surface area contributed by atoms with Gasteiger partial charge >= 0.3 is 0 Å². The van der Waals surface area contributed by atoms with Crippen LogP contribution in [0.1, 0.15) is 21.6 Å². The van der Waals surface area contributed by atoms with Gasteiger partial charge in [0.2, 0.25) is 5.78 Å². The normalized spacial score (nSPS) is 9.94. The maximum absolute atomic E-state index is 12.1. The molecule has 0 saturated carbocycles. The molecule has 0 aliphatic heterocycles. The molecule has 0 aliphatic carbocycles. The first kappa shape index (κ1) is 11.4. The van der Waals surface area contributed by atoms with Crippen LogP contribution in [0.4, 0.5) is 0 Å². The van der Waals surface area contributed by atoms with Crippen LogP contribution >= 0.6 is 11.6 Å². The van der Waals surface area contributed by atoms with Gasteiger partial charge in [0.25, 0.3) is 0 Å².